The average Bonchev–Trinajstić information content (AvgIpc) is 2.47. The minimum atomic E-state index is -0.314. The zero-order chi connectivity index (χ0) is 15.1. The number of thioether (sulfide) groups is 1. The van der Waals surface area contributed by atoms with Crippen LogP contribution in [-0.2, 0) is 10.5 Å². The lowest BCUT2D eigenvalue weighted by molar-refractivity contribution is -0.131. The van der Waals surface area contributed by atoms with E-state index in [4.69, 9.17) is 17.0 Å². The van der Waals surface area contributed by atoms with E-state index in [0.29, 0.717) is 5.75 Å². The van der Waals surface area contributed by atoms with Crippen molar-refractivity contribution in [2.24, 2.45) is 0 Å². The molecule has 0 spiro atoms. The van der Waals surface area contributed by atoms with Crippen molar-refractivity contribution in [2.45, 2.75) is 12.7 Å². The molecule has 0 saturated carbocycles. The first-order valence-corrected chi connectivity index (χ1v) is 7.79. The SMILES string of the molecule is CC(=O)Oc1ccc(CSC(=S)Nc2ccccc2)cc1. The van der Waals surface area contributed by atoms with Crippen LogP contribution in [0, 0.1) is 0 Å². The molecular formula is C16H15NO2S2. The van der Waals surface area contributed by atoms with Gasteiger partial charge in [-0.05, 0) is 29.8 Å². The number of carbonyl (C=O) groups is 1. The van der Waals surface area contributed by atoms with Crippen LogP contribution in [0.2, 0.25) is 0 Å². The standard InChI is InChI=1S/C16H15NO2S2/c1-12(18)19-15-9-7-13(8-10-15)11-21-16(20)17-14-5-3-2-4-6-14/h2-10H,11H2,1H3,(H,17,20). The summed E-state index contributed by atoms with van der Waals surface area (Å²) in [6, 6.07) is 17.3. The van der Waals surface area contributed by atoms with Crippen LogP contribution in [0.25, 0.3) is 0 Å². The number of para-hydroxylation sites is 1. The molecule has 0 amide bonds. The Hall–Kier alpha value is -1.85. The quantitative estimate of drug-likeness (QED) is 0.519. The summed E-state index contributed by atoms with van der Waals surface area (Å²) in [6.07, 6.45) is 0. The van der Waals surface area contributed by atoms with Gasteiger partial charge in [0.25, 0.3) is 0 Å². The van der Waals surface area contributed by atoms with Crippen LogP contribution in [0.3, 0.4) is 0 Å². The minimum Gasteiger partial charge on any atom is -0.427 e. The maximum absolute atomic E-state index is 10.8. The summed E-state index contributed by atoms with van der Waals surface area (Å²) in [5.41, 5.74) is 2.10. The van der Waals surface area contributed by atoms with E-state index in [1.54, 1.807) is 23.9 Å². The number of anilines is 1. The molecule has 5 heteroatoms. The van der Waals surface area contributed by atoms with E-state index in [1.165, 1.54) is 6.92 Å². The zero-order valence-electron chi connectivity index (χ0n) is 11.5. The van der Waals surface area contributed by atoms with E-state index in [1.807, 2.05) is 42.5 Å². The Morgan fingerprint density at radius 1 is 1.14 bits per heavy atom. The van der Waals surface area contributed by atoms with Gasteiger partial charge in [-0.3, -0.25) is 4.79 Å². The largest absolute Gasteiger partial charge is 0.427 e. The van der Waals surface area contributed by atoms with Crippen molar-refractivity contribution in [3.05, 3.63) is 60.2 Å². The smallest absolute Gasteiger partial charge is 0.308 e. The lowest BCUT2D eigenvalue weighted by Crippen LogP contribution is -2.04. The molecule has 2 aromatic rings. The third-order valence-corrected chi connectivity index (χ3v) is 3.87. The molecule has 0 aliphatic carbocycles. The Bertz CT molecular complexity index is 612. The van der Waals surface area contributed by atoms with E-state index < -0.39 is 0 Å². The maximum atomic E-state index is 10.8. The topological polar surface area (TPSA) is 38.3 Å². The molecule has 108 valence electrons. The monoisotopic (exact) mass is 317 g/mol. The molecule has 0 atom stereocenters. The molecule has 0 saturated heterocycles. The number of carbonyl (C=O) groups excluding carboxylic acids is 1. The number of ether oxygens (including phenoxy) is 1. The number of thiocarbonyl (C=S) groups is 1. The zero-order valence-corrected chi connectivity index (χ0v) is 13.2. The van der Waals surface area contributed by atoms with Crippen LogP contribution in [0.1, 0.15) is 12.5 Å². The predicted octanol–water partition coefficient (Wildman–Crippen LogP) is 4.24. The van der Waals surface area contributed by atoms with Gasteiger partial charge in [-0.15, -0.1) is 0 Å². The Balaban J connectivity index is 1.82. The molecule has 3 nitrogen and oxygen atoms in total. The Kier molecular flexibility index (Phi) is 5.78. The van der Waals surface area contributed by atoms with Gasteiger partial charge in [-0.1, -0.05) is 54.3 Å². The Morgan fingerprint density at radius 2 is 1.81 bits per heavy atom. The second kappa shape index (κ2) is 7.81. The van der Waals surface area contributed by atoms with Gasteiger partial charge in [0, 0.05) is 18.4 Å². The van der Waals surface area contributed by atoms with E-state index in [2.05, 4.69) is 5.32 Å². The molecule has 0 radical (unpaired) electrons. The number of nitrogens with one attached hydrogen (secondary N) is 1. The van der Waals surface area contributed by atoms with E-state index in [9.17, 15) is 4.79 Å². The summed E-state index contributed by atoms with van der Waals surface area (Å²) < 4.78 is 5.72. The van der Waals surface area contributed by atoms with Gasteiger partial charge < -0.3 is 10.1 Å². The highest BCUT2D eigenvalue weighted by Crippen LogP contribution is 2.19. The van der Waals surface area contributed by atoms with Crippen LogP contribution in [-0.4, -0.2) is 10.3 Å². The number of rotatable bonds is 4. The number of benzene rings is 2. The Morgan fingerprint density at radius 3 is 2.43 bits per heavy atom. The van der Waals surface area contributed by atoms with Crippen LogP contribution in [0.5, 0.6) is 5.75 Å². The van der Waals surface area contributed by atoms with E-state index in [0.717, 1.165) is 21.3 Å². The van der Waals surface area contributed by atoms with Crippen molar-refractivity contribution >= 4 is 40.0 Å². The molecule has 0 heterocycles. The maximum Gasteiger partial charge on any atom is 0.308 e. The summed E-state index contributed by atoms with van der Waals surface area (Å²) in [5, 5.41) is 3.17. The normalized spacial score (nSPS) is 9.95. The molecule has 0 unspecified atom stereocenters. The first-order chi connectivity index (χ1) is 10.1. The minimum absolute atomic E-state index is 0.314. The number of hydrogen-bond acceptors (Lipinski definition) is 4. The van der Waals surface area contributed by atoms with Crippen LogP contribution >= 0.6 is 24.0 Å². The highest BCUT2D eigenvalue weighted by atomic mass is 32.2. The average molecular weight is 317 g/mol. The molecular weight excluding hydrogens is 302 g/mol. The summed E-state index contributed by atoms with van der Waals surface area (Å²) in [4.78, 5) is 10.8. The molecule has 0 bridgehead atoms. The van der Waals surface area contributed by atoms with Crippen molar-refractivity contribution < 1.29 is 9.53 Å². The fourth-order valence-electron chi connectivity index (χ4n) is 1.64. The molecule has 0 aliphatic heterocycles. The highest BCUT2D eigenvalue weighted by molar-refractivity contribution is 8.22. The van der Waals surface area contributed by atoms with Gasteiger partial charge >= 0.3 is 5.97 Å². The van der Waals surface area contributed by atoms with Crippen LogP contribution in [0.4, 0.5) is 5.69 Å². The van der Waals surface area contributed by atoms with Crippen molar-refractivity contribution in [3.8, 4) is 5.75 Å². The molecule has 2 aromatic carbocycles. The summed E-state index contributed by atoms with van der Waals surface area (Å²) in [7, 11) is 0. The second-order valence-electron chi connectivity index (χ2n) is 4.30. The van der Waals surface area contributed by atoms with Crippen molar-refractivity contribution in [1.29, 1.82) is 0 Å². The molecule has 1 N–H and O–H groups in total. The number of hydrogen-bond donors (Lipinski definition) is 1. The first kappa shape index (κ1) is 15.5. The molecule has 2 rings (SSSR count). The molecule has 0 aromatic heterocycles. The van der Waals surface area contributed by atoms with Gasteiger partial charge in [0.15, 0.2) is 0 Å². The van der Waals surface area contributed by atoms with Gasteiger partial charge in [0.2, 0.25) is 0 Å². The molecule has 0 fully saturated rings. The molecule has 21 heavy (non-hydrogen) atoms. The fraction of sp³-hybridized carbons (Fsp3) is 0.125. The summed E-state index contributed by atoms with van der Waals surface area (Å²) >= 11 is 6.86. The second-order valence-corrected chi connectivity index (χ2v) is 5.96. The van der Waals surface area contributed by atoms with Gasteiger partial charge in [0.1, 0.15) is 10.1 Å². The number of esters is 1. The van der Waals surface area contributed by atoms with Gasteiger partial charge in [0.05, 0.1) is 0 Å². The summed E-state index contributed by atoms with van der Waals surface area (Å²) in [5.74, 6) is 1.01. The predicted molar refractivity (Wildman–Crippen MR) is 91.7 cm³/mol. The van der Waals surface area contributed by atoms with Crippen LogP contribution < -0.4 is 10.1 Å². The Labute approximate surface area is 133 Å². The lowest BCUT2D eigenvalue weighted by Gasteiger charge is -2.07. The lowest BCUT2D eigenvalue weighted by atomic mass is 10.2. The third-order valence-electron chi connectivity index (χ3n) is 2.58. The van der Waals surface area contributed by atoms with E-state index in [-0.39, 0.29) is 5.97 Å². The first-order valence-electron chi connectivity index (χ1n) is 6.39. The van der Waals surface area contributed by atoms with Crippen molar-refractivity contribution in [2.75, 3.05) is 5.32 Å². The van der Waals surface area contributed by atoms with E-state index >= 15 is 0 Å². The van der Waals surface area contributed by atoms with Crippen LogP contribution in [0.15, 0.2) is 54.6 Å². The van der Waals surface area contributed by atoms with Crippen molar-refractivity contribution in [3.63, 3.8) is 0 Å². The fourth-order valence-corrected chi connectivity index (χ4v) is 2.62. The third kappa shape index (κ3) is 5.57. The molecule has 0 aliphatic rings. The van der Waals surface area contributed by atoms with Crippen molar-refractivity contribution in [1.82, 2.24) is 0 Å². The summed E-state index contributed by atoms with van der Waals surface area (Å²) in [6.45, 7) is 1.39. The van der Waals surface area contributed by atoms with Gasteiger partial charge in [-0.25, -0.2) is 0 Å². The highest BCUT2D eigenvalue weighted by Gasteiger charge is 2.02. The van der Waals surface area contributed by atoms with Gasteiger partial charge in [-0.2, -0.15) is 0 Å².